The highest BCUT2D eigenvalue weighted by atomic mass is 16.5. The Balaban J connectivity index is 2.27. The summed E-state index contributed by atoms with van der Waals surface area (Å²) in [7, 11) is 0. The van der Waals surface area contributed by atoms with Gasteiger partial charge in [-0.15, -0.1) is 0 Å². The lowest BCUT2D eigenvalue weighted by Gasteiger charge is -2.23. The van der Waals surface area contributed by atoms with E-state index in [1.54, 1.807) is 0 Å². The van der Waals surface area contributed by atoms with Gasteiger partial charge in [0, 0.05) is 24.5 Å². The van der Waals surface area contributed by atoms with Gasteiger partial charge in [0.15, 0.2) is 0 Å². The van der Waals surface area contributed by atoms with Crippen molar-refractivity contribution in [3.8, 4) is 0 Å². The Morgan fingerprint density at radius 2 is 2.29 bits per heavy atom. The molecule has 1 heterocycles. The summed E-state index contributed by atoms with van der Waals surface area (Å²) in [4.78, 5) is 11.7. The second kappa shape index (κ2) is 4.89. The van der Waals surface area contributed by atoms with E-state index in [-0.39, 0.29) is 11.5 Å². The van der Waals surface area contributed by atoms with Crippen LogP contribution < -0.4 is 5.73 Å². The highest BCUT2D eigenvalue weighted by Gasteiger charge is 2.23. The first-order valence-electron chi connectivity index (χ1n) is 5.38. The zero-order valence-electron chi connectivity index (χ0n) is 9.21. The molecule has 0 aromatic carbocycles. The average Bonchev–Trinajstić information content (AvgIpc) is 2.14. The minimum Gasteiger partial charge on any atom is -0.381 e. The fourth-order valence-corrected chi connectivity index (χ4v) is 1.64. The van der Waals surface area contributed by atoms with E-state index in [9.17, 15) is 4.79 Å². The van der Waals surface area contributed by atoms with Crippen molar-refractivity contribution in [2.24, 2.45) is 11.7 Å². The molecule has 1 rings (SSSR count). The molecule has 1 atom stereocenters. The summed E-state index contributed by atoms with van der Waals surface area (Å²) in [5.74, 6) is 0.453. The zero-order chi connectivity index (χ0) is 10.6. The lowest BCUT2D eigenvalue weighted by atomic mass is 9.90. The number of carbonyl (C=O) groups excluding carboxylic acids is 1. The third-order valence-electron chi connectivity index (χ3n) is 2.63. The van der Waals surface area contributed by atoms with E-state index in [4.69, 9.17) is 10.5 Å². The average molecular weight is 199 g/mol. The number of rotatable bonds is 4. The van der Waals surface area contributed by atoms with Crippen LogP contribution in [0.5, 0.6) is 0 Å². The second-order valence-corrected chi connectivity index (χ2v) is 4.87. The number of hydrogen-bond acceptors (Lipinski definition) is 3. The summed E-state index contributed by atoms with van der Waals surface area (Å²) in [6.45, 7) is 5.34. The van der Waals surface area contributed by atoms with Crippen LogP contribution in [0.3, 0.4) is 0 Å². The van der Waals surface area contributed by atoms with Gasteiger partial charge < -0.3 is 10.5 Å². The normalized spacial score (nSPS) is 23.5. The summed E-state index contributed by atoms with van der Waals surface area (Å²) in [5.41, 5.74) is 5.60. The van der Waals surface area contributed by atoms with E-state index >= 15 is 0 Å². The molecule has 3 nitrogen and oxygen atoms in total. The molecule has 0 amide bonds. The number of Topliss-reactive ketones (excluding diaryl/α,β-unsaturated/α-hetero) is 1. The Morgan fingerprint density at radius 1 is 1.57 bits per heavy atom. The Morgan fingerprint density at radius 3 is 2.79 bits per heavy atom. The number of ether oxygens (including phenoxy) is 1. The van der Waals surface area contributed by atoms with Gasteiger partial charge >= 0.3 is 0 Å². The molecular formula is C11H21NO2. The van der Waals surface area contributed by atoms with E-state index in [0.29, 0.717) is 18.8 Å². The van der Waals surface area contributed by atoms with Crippen molar-refractivity contribution in [3.05, 3.63) is 0 Å². The summed E-state index contributed by atoms with van der Waals surface area (Å²) in [5, 5.41) is 0. The Hall–Kier alpha value is -0.410. The van der Waals surface area contributed by atoms with E-state index in [2.05, 4.69) is 0 Å². The molecule has 1 fully saturated rings. The van der Waals surface area contributed by atoms with Crippen LogP contribution in [0.2, 0.25) is 0 Å². The maximum Gasteiger partial charge on any atom is 0.138 e. The fourth-order valence-electron chi connectivity index (χ4n) is 1.64. The van der Waals surface area contributed by atoms with E-state index in [1.807, 2.05) is 13.8 Å². The molecule has 0 saturated carbocycles. The van der Waals surface area contributed by atoms with Gasteiger partial charge in [0.2, 0.25) is 0 Å². The van der Waals surface area contributed by atoms with Gasteiger partial charge in [0.25, 0.3) is 0 Å². The number of carbonyl (C=O) groups is 1. The van der Waals surface area contributed by atoms with Crippen molar-refractivity contribution in [3.63, 3.8) is 0 Å². The van der Waals surface area contributed by atoms with Crippen LogP contribution in [0, 0.1) is 5.92 Å². The Kier molecular flexibility index (Phi) is 4.08. The second-order valence-electron chi connectivity index (χ2n) is 4.87. The van der Waals surface area contributed by atoms with Gasteiger partial charge in [-0.1, -0.05) is 0 Å². The van der Waals surface area contributed by atoms with Crippen molar-refractivity contribution in [1.29, 1.82) is 0 Å². The van der Waals surface area contributed by atoms with Crippen LogP contribution in [-0.4, -0.2) is 24.5 Å². The van der Waals surface area contributed by atoms with Crippen LogP contribution in [0.15, 0.2) is 0 Å². The van der Waals surface area contributed by atoms with Crippen LogP contribution in [0.4, 0.5) is 0 Å². The Bertz CT molecular complexity index is 190. The Labute approximate surface area is 86.0 Å². The minimum absolute atomic E-state index is 0.131. The molecule has 0 bridgehead atoms. The van der Waals surface area contributed by atoms with Gasteiger partial charge in [0.1, 0.15) is 5.78 Å². The highest BCUT2D eigenvalue weighted by molar-refractivity contribution is 5.81. The lowest BCUT2D eigenvalue weighted by Crippen LogP contribution is -2.34. The van der Waals surface area contributed by atoms with Gasteiger partial charge in [-0.2, -0.15) is 0 Å². The summed E-state index contributed by atoms with van der Waals surface area (Å²) >= 11 is 0. The van der Waals surface area contributed by atoms with Crippen molar-refractivity contribution in [2.75, 3.05) is 13.2 Å². The molecule has 0 aromatic rings. The smallest absolute Gasteiger partial charge is 0.138 e. The van der Waals surface area contributed by atoms with Gasteiger partial charge in [-0.25, -0.2) is 0 Å². The summed E-state index contributed by atoms with van der Waals surface area (Å²) in [6.07, 6.45) is 3.37. The molecule has 1 saturated heterocycles. The largest absolute Gasteiger partial charge is 0.381 e. The third kappa shape index (κ3) is 4.20. The first-order chi connectivity index (χ1) is 6.49. The SMILES string of the molecule is CC(C)(N)CCC(=O)C1CCCOC1. The molecule has 1 aliphatic heterocycles. The number of hydrogen-bond donors (Lipinski definition) is 1. The van der Waals surface area contributed by atoms with Gasteiger partial charge in [-0.05, 0) is 33.1 Å². The molecular weight excluding hydrogens is 178 g/mol. The van der Waals surface area contributed by atoms with E-state index in [0.717, 1.165) is 25.9 Å². The predicted octanol–water partition coefficient (Wildman–Crippen LogP) is 1.50. The van der Waals surface area contributed by atoms with Crippen LogP contribution in [0.1, 0.15) is 39.5 Å². The molecule has 82 valence electrons. The molecule has 2 N–H and O–H groups in total. The molecule has 3 heteroatoms. The van der Waals surface area contributed by atoms with Crippen LogP contribution in [-0.2, 0) is 9.53 Å². The van der Waals surface area contributed by atoms with Crippen molar-refractivity contribution in [1.82, 2.24) is 0 Å². The van der Waals surface area contributed by atoms with Crippen LogP contribution in [0.25, 0.3) is 0 Å². The highest BCUT2D eigenvalue weighted by Crippen LogP contribution is 2.18. The summed E-state index contributed by atoms with van der Waals surface area (Å²) in [6, 6.07) is 0. The van der Waals surface area contributed by atoms with Crippen LogP contribution >= 0.6 is 0 Å². The quantitative estimate of drug-likeness (QED) is 0.746. The molecule has 0 aromatic heterocycles. The molecule has 0 spiro atoms. The number of nitrogens with two attached hydrogens (primary N) is 1. The molecule has 14 heavy (non-hydrogen) atoms. The van der Waals surface area contributed by atoms with Crippen molar-refractivity contribution < 1.29 is 9.53 Å². The molecule has 1 unspecified atom stereocenters. The molecule has 0 radical (unpaired) electrons. The third-order valence-corrected chi connectivity index (χ3v) is 2.63. The standard InChI is InChI=1S/C11H21NO2/c1-11(2,12)6-5-10(13)9-4-3-7-14-8-9/h9H,3-8,12H2,1-2H3. The lowest BCUT2D eigenvalue weighted by molar-refractivity contribution is -0.127. The predicted molar refractivity (Wildman–Crippen MR) is 56.1 cm³/mol. The van der Waals surface area contributed by atoms with E-state index in [1.165, 1.54) is 0 Å². The summed E-state index contributed by atoms with van der Waals surface area (Å²) < 4.78 is 5.28. The monoisotopic (exact) mass is 199 g/mol. The first kappa shape index (κ1) is 11.7. The first-order valence-corrected chi connectivity index (χ1v) is 5.38. The van der Waals surface area contributed by atoms with E-state index < -0.39 is 0 Å². The van der Waals surface area contributed by atoms with Gasteiger partial charge in [-0.3, -0.25) is 4.79 Å². The zero-order valence-corrected chi connectivity index (χ0v) is 9.21. The molecule has 0 aliphatic carbocycles. The van der Waals surface area contributed by atoms with Crippen molar-refractivity contribution in [2.45, 2.75) is 45.1 Å². The van der Waals surface area contributed by atoms with Gasteiger partial charge in [0.05, 0.1) is 6.61 Å². The topological polar surface area (TPSA) is 52.3 Å². The number of ketones is 1. The fraction of sp³-hybridized carbons (Fsp3) is 0.909. The maximum atomic E-state index is 11.7. The molecule has 1 aliphatic rings. The maximum absolute atomic E-state index is 11.7. The minimum atomic E-state index is -0.231. The van der Waals surface area contributed by atoms with Crippen molar-refractivity contribution >= 4 is 5.78 Å².